The van der Waals surface area contributed by atoms with Crippen molar-refractivity contribution in [2.45, 2.75) is 32.2 Å². The van der Waals surface area contributed by atoms with Crippen molar-refractivity contribution in [3.63, 3.8) is 0 Å². The Bertz CT molecular complexity index is 1390. The van der Waals surface area contributed by atoms with Gasteiger partial charge in [-0.2, -0.15) is 0 Å². The molecule has 0 heterocycles. The molecule has 0 aliphatic heterocycles. The molecule has 0 aliphatic carbocycles. The normalized spacial score (nSPS) is 10.8. The topological polar surface area (TPSA) is 57.6 Å². The van der Waals surface area contributed by atoms with Crippen LogP contribution in [0, 0.1) is 0 Å². The number of carbonyl (C=O) groups excluding carboxylic acids is 1. The molecule has 0 unspecified atom stereocenters. The molecule has 4 rings (SSSR count). The lowest BCUT2D eigenvalue weighted by molar-refractivity contribution is -0.136. The molecule has 4 aromatic rings. The SMILES string of the molecule is O=C(O)CCc1ccccc1-c1ccc(CN(CCCc2ccccc2)C(=O)c2cc(Cl)ccc2Cl)cc1. The second kappa shape index (κ2) is 13.3. The number of benzene rings is 4. The maximum absolute atomic E-state index is 13.6. The number of carboxylic acids is 1. The highest BCUT2D eigenvalue weighted by Crippen LogP contribution is 2.27. The van der Waals surface area contributed by atoms with Gasteiger partial charge in [-0.25, -0.2) is 0 Å². The van der Waals surface area contributed by atoms with Gasteiger partial charge in [0.1, 0.15) is 0 Å². The molecule has 0 spiro atoms. The van der Waals surface area contributed by atoms with Crippen LogP contribution in [0.15, 0.2) is 97.1 Å². The molecule has 0 atom stereocenters. The van der Waals surface area contributed by atoms with Gasteiger partial charge in [0.15, 0.2) is 0 Å². The third-order valence-corrected chi connectivity index (χ3v) is 7.01. The molecule has 1 amide bonds. The second-order valence-corrected chi connectivity index (χ2v) is 10.0. The highest BCUT2D eigenvalue weighted by atomic mass is 35.5. The number of hydrogen-bond donors (Lipinski definition) is 1. The van der Waals surface area contributed by atoms with E-state index >= 15 is 0 Å². The predicted molar refractivity (Wildman–Crippen MR) is 154 cm³/mol. The molecule has 4 aromatic carbocycles. The van der Waals surface area contributed by atoms with Crippen molar-refractivity contribution >= 4 is 35.1 Å². The number of aliphatic carboxylic acids is 1. The molecule has 0 aliphatic rings. The zero-order valence-corrected chi connectivity index (χ0v) is 22.5. The van der Waals surface area contributed by atoms with Crippen molar-refractivity contribution in [1.82, 2.24) is 4.90 Å². The van der Waals surface area contributed by atoms with Gasteiger partial charge in [0.05, 0.1) is 10.6 Å². The Morgan fingerprint density at radius 1 is 0.763 bits per heavy atom. The third-order valence-electron chi connectivity index (χ3n) is 6.45. The van der Waals surface area contributed by atoms with Gasteiger partial charge >= 0.3 is 5.97 Å². The van der Waals surface area contributed by atoms with E-state index in [-0.39, 0.29) is 12.3 Å². The summed E-state index contributed by atoms with van der Waals surface area (Å²) in [4.78, 5) is 26.4. The summed E-state index contributed by atoms with van der Waals surface area (Å²) in [5, 5.41) is 9.94. The third kappa shape index (κ3) is 7.47. The number of halogens is 2. The summed E-state index contributed by atoms with van der Waals surface area (Å²) in [5.41, 5.74) is 5.63. The molecule has 1 N–H and O–H groups in total. The minimum atomic E-state index is -0.813. The van der Waals surface area contributed by atoms with Crippen molar-refractivity contribution in [3.05, 3.63) is 129 Å². The number of hydrogen-bond acceptors (Lipinski definition) is 2. The maximum atomic E-state index is 13.6. The minimum absolute atomic E-state index is 0.0845. The lowest BCUT2D eigenvalue weighted by atomic mass is 9.96. The zero-order chi connectivity index (χ0) is 26.9. The van der Waals surface area contributed by atoms with Crippen molar-refractivity contribution in [2.75, 3.05) is 6.54 Å². The molecule has 0 bridgehead atoms. The predicted octanol–water partition coefficient (Wildman–Crippen LogP) is 7.95. The number of aryl methyl sites for hydroxylation is 2. The fourth-order valence-electron chi connectivity index (χ4n) is 4.47. The van der Waals surface area contributed by atoms with Crippen LogP contribution in [0.1, 0.15) is 39.9 Å². The van der Waals surface area contributed by atoms with Crippen molar-refractivity contribution in [3.8, 4) is 11.1 Å². The first-order chi connectivity index (χ1) is 18.4. The van der Waals surface area contributed by atoms with Crippen LogP contribution in [-0.2, 0) is 24.2 Å². The first kappa shape index (κ1) is 27.4. The fourth-order valence-corrected chi connectivity index (χ4v) is 4.84. The van der Waals surface area contributed by atoms with E-state index < -0.39 is 5.97 Å². The largest absolute Gasteiger partial charge is 0.481 e. The summed E-state index contributed by atoms with van der Waals surface area (Å²) in [6.45, 7) is 0.994. The molecule has 0 saturated heterocycles. The first-order valence-corrected chi connectivity index (χ1v) is 13.3. The van der Waals surface area contributed by atoms with Gasteiger partial charge in [0.25, 0.3) is 5.91 Å². The van der Waals surface area contributed by atoms with Crippen LogP contribution in [-0.4, -0.2) is 28.4 Å². The Hall–Kier alpha value is -3.60. The molecule has 0 aromatic heterocycles. The van der Waals surface area contributed by atoms with E-state index in [1.165, 1.54) is 5.56 Å². The van der Waals surface area contributed by atoms with Gasteiger partial charge < -0.3 is 10.0 Å². The van der Waals surface area contributed by atoms with Crippen LogP contribution in [0.2, 0.25) is 10.0 Å². The quantitative estimate of drug-likeness (QED) is 0.208. The summed E-state index contributed by atoms with van der Waals surface area (Å²) in [6.07, 6.45) is 2.22. The number of rotatable bonds is 11. The summed E-state index contributed by atoms with van der Waals surface area (Å²) >= 11 is 12.6. The van der Waals surface area contributed by atoms with Crippen molar-refractivity contribution in [2.24, 2.45) is 0 Å². The van der Waals surface area contributed by atoms with Crippen LogP contribution in [0.25, 0.3) is 11.1 Å². The Balaban J connectivity index is 1.53. The summed E-state index contributed by atoms with van der Waals surface area (Å²) in [7, 11) is 0. The summed E-state index contributed by atoms with van der Waals surface area (Å²) < 4.78 is 0. The van der Waals surface area contributed by atoms with E-state index in [0.29, 0.717) is 35.1 Å². The van der Waals surface area contributed by atoms with Gasteiger partial charge in [-0.1, -0.05) is 102 Å². The first-order valence-electron chi connectivity index (χ1n) is 12.6. The molecule has 4 nitrogen and oxygen atoms in total. The van der Waals surface area contributed by atoms with Crippen LogP contribution < -0.4 is 0 Å². The molecule has 6 heteroatoms. The molecule has 0 saturated carbocycles. The van der Waals surface area contributed by atoms with Gasteiger partial charge in [-0.15, -0.1) is 0 Å². The van der Waals surface area contributed by atoms with E-state index in [1.807, 2.05) is 71.6 Å². The van der Waals surface area contributed by atoms with Crippen molar-refractivity contribution < 1.29 is 14.7 Å². The van der Waals surface area contributed by atoms with E-state index in [1.54, 1.807) is 18.2 Å². The molecule has 194 valence electrons. The number of nitrogens with zero attached hydrogens (tertiary/aromatic N) is 1. The molecular weight excluding hydrogens is 517 g/mol. The van der Waals surface area contributed by atoms with Gasteiger partial charge in [-0.05, 0) is 65.3 Å². The van der Waals surface area contributed by atoms with Crippen LogP contribution in [0.4, 0.5) is 0 Å². The monoisotopic (exact) mass is 545 g/mol. The maximum Gasteiger partial charge on any atom is 0.303 e. The minimum Gasteiger partial charge on any atom is -0.481 e. The van der Waals surface area contributed by atoms with Gasteiger partial charge in [0, 0.05) is 24.5 Å². The van der Waals surface area contributed by atoms with Gasteiger partial charge in [-0.3, -0.25) is 9.59 Å². The lowest BCUT2D eigenvalue weighted by Gasteiger charge is -2.24. The number of amides is 1. The standard InChI is InChI=1S/C32H29Cl2NO3/c33-27-17-18-30(34)29(21-27)32(38)35(20-6-9-23-7-2-1-3-8-23)22-24-12-14-26(15-13-24)28-11-5-4-10-25(28)16-19-31(36)37/h1-5,7-8,10-15,17-18,21H,6,9,16,19-20,22H2,(H,36,37). The van der Waals surface area contributed by atoms with Crippen molar-refractivity contribution in [1.29, 1.82) is 0 Å². The zero-order valence-electron chi connectivity index (χ0n) is 20.9. The second-order valence-electron chi connectivity index (χ2n) is 9.19. The average Bonchev–Trinajstić information content (AvgIpc) is 2.93. The summed E-state index contributed by atoms with van der Waals surface area (Å²) in [5.74, 6) is -0.972. The Morgan fingerprint density at radius 2 is 1.47 bits per heavy atom. The molecule has 38 heavy (non-hydrogen) atoms. The molecule has 0 radical (unpaired) electrons. The average molecular weight is 546 g/mol. The Labute approximate surface area is 233 Å². The van der Waals surface area contributed by atoms with Crippen LogP contribution >= 0.6 is 23.2 Å². The van der Waals surface area contributed by atoms with Crippen LogP contribution in [0.3, 0.4) is 0 Å². The number of carbonyl (C=O) groups is 2. The molecular formula is C32H29Cl2NO3. The van der Waals surface area contributed by atoms with E-state index in [9.17, 15) is 9.59 Å². The van der Waals surface area contributed by atoms with Crippen LogP contribution in [0.5, 0.6) is 0 Å². The Kier molecular flexibility index (Phi) is 9.58. The highest BCUT2D eigenvalue weighted by Gasteiger charge is 2.19. The van der Waals surface area contributed by atoms with E-state index in [0.717, 1.165) is 35.1 Å². The van der Waals surface area contributed by atoms with E-state index in [4.69, 9.17) is 28.3 Å². The lowest BCUT2D eigenvalue weighted by Crippen LogP contribution is -2.32. The number of carboxylic acid groups (broad SMARTS) is 1. The smallest absolute Gasteiger partial charge is 0.303 e. The highest BCUT2D eigenvalue weighted by molar-refractivity contribution is 6.35. The fraction of sp³-hybridized carbons (Fsp3) is 0.188. The summed E-state index contributed by atoms with van der Waals surface area (Å²) in [6, 6.07) is 31.1. The van der Waals surface area contributed by atoms with Gasteiger partial charge in [0.2, 0.25) is 0 Å². The molecule has 0 fully saturated rings. The Morgan fingerprint density at radius 3 is 2.21 bits per heavy atom. The van der Waals surface area contributed by atoms with E-state index in [2.05, 4.69) is 12.1 Å².